The fraction of sp³-hybridized carbons (Fsp3) is 0.600. The van der Waals surface area contributed by atoms with Crippen LogP contribution in [0.25, 0.3) is 0 Å². The Morgan fingerprint density at radius 1 is 1.13 bits per heavy atom. The van der Waals surface area contributed by atoms with Crippen LogP contribution in [-0.2, 0) is 31.6 Å². The highest BCUT2D eigenvalue weighted by molar-refractivity contribution is 7.66. The van der Waals surface area contributed by atoms with Gasteiger partial charge in [-0.15, -0.1) is 0 Å². The van der Waals surface area contributed by atoms with Crippen molar-refractivity contribution in [3.63, 3.8) is 0 Å². The summed E-state index contributed by atoms with van der Waals surface area (Å²) in [4.78, 5) is 51.0. The lowest BCUT2D eigenvalue weighted by molar-refractivity contribution is -0.0781. The molecule has 172 valence electrons. The Balaban J connectivity index is 2.13. The second-order valence-electron chi connectivity index (χ2n) is 5.92. The van der Waals surface area contributed by atoms with Crippen molar-refractivity contribution >= 4 is 29.3 Å². The van der Waals surface area contributed by atoms with Gasteiger partial charge in [0.2, 0.25) is 0 Å². The molecule has 0 aliphatic carbocycles. The lowest BCUT2D eigenvalue weighted by Crippen LogP contribution is -2.38. The van der Waals surface area contributed by atoms with E-state index in [-0.39, 0.29) is 5.82 Å². The standard InChI is InChI=1S/C10H18N3O14P3/c1-4(25-29(20,21)27-30(22,23)26-28(17,18)19)8-6(14)7(15)9(24-8)13-3-2-5(11)12-10(13)16/h2-4,6-9,14-15H,1H3,(H,20,21)(H,22,23)(H2,11,12,16)(H2,17,18,19)/t4-,6-,7-,8+,9?/m0/s1. The Morgan fingerprint density at radius 2 is 1.73 bits per heavy atom. The van der Waals surface area contributed by atoms with Crippen molar-refractivity contribution in [2.75, 3.05) is 5.73 Å². The van der Waals surface area contributed by atoms with E-state index >= 15 is 0 Å². The molecule has 30 heavy (non-hydrogen) atoms. The smallest absolute Gasteiger partial charge is 0.387 e. The summed E-state index contributed by atoms with van der Waals surface area (Å²) < 4.78 is 51.6. The van der Waals surface area contributed by atoms with E-state index < -0.39 is 59.8 Å². The number of phosphoric acid groups is 3. The first-order valence-electron chi connectivity index (χ1n) is 7.70. The average Bonchev–Trinajstić information content (AvgIpc) is 2.79. The number of hydrogen-bond acceptors (Lipinski definition) is 12. The van der Waals surface area contributed by atoms with Crippen molar-refractivity contribution in [3.8, 4) is 0 Å². The van der Waals surface area contributed by atoms with Gasteiger partial charge in [-0.25, -0.2) is 18.5 Å². The number of aliphatic hydroxyl groups is 2. The van der Waals surface area contributed by atoms with Crippen molar-refractivity contribution in [3.05, 3.63) is 22.7 Å². The first-order valence-corrected chi connectivity index (χ1v) is 12.2. The highest BCUT2D eigenvalue weighted by atomic mass is 31.3. The summed E-state index contributed by atoms with van der Waals surface area (Å²) >= 11 is 0. The van der Waals surface area contributed by atoms with Gasteiger partial charge in [-0.2, -0.15) is 13.6 Å². The summed E-state index contributed by atoms with van der Waals surface area (Å²) in [5, 5.41) is 20.3. The molecule has 2 heterocycles. The van der Waals surface area contributed by atoms with Gasteiger partial charge in [-0.3, -0.25) is 9.09 Å². The van der Waals surface area contributed by atoms with Crippen LogP contribution in [0, 0.1) is 0 Å². The summed E-state index contributed by atoms with van der Waals surface area (Å²) in [5.74, 6) is -0.123. The van der Waals surface area contributed by atoms with Crippen LogP contribution in [0.5, 0.6) is 0 Å². The van der Waals surface area contributed by atoms with Gasteiger partial charge in [0.25, 0.3) is 0 Å². The van der Waals surface area contributed by atoms with Crippen LogP contribution in [0.4, 0.5) is 5.82 Å². The molecular weight excluding hydrogens is 479 g/mol. The van der Waals surface area contributed by atoms with E-state index in [2.05, 4.69) is 18.1 Å². The Morgan fingerprint density at radius 3 is 2.27 bits per heavy atom. The van der Waals surface area contributed by atoms with Gasteiger partial charge in [0.1, 0.15) is 24.1 Å². The fourth-order valence-corrected chi connectivity index (χ4v) is 5.69. The van der Waals surface area contributed by atoms with Crippen LogP contribution >= 0.6 is 23.5 Å². The van der Waals surface area contributed by atoms with Crippen LogP contribution in [0.3, 0.4) is 0 Å². The molecule has 1 aliphatic rings. The number of nitrogens with zero attached hydrogens (tertiary/aromatic N) is 2. The number of phosphoric ester groups is 1. The lowest BCUT2D eigenvalue weighted by atomic mass is 10.1. The molecular formula is C10H18N3O14P3. The Bertz CT molecular complexity index is 978. The minimum Gasteiger partial charge on any atom is -0.387 e. The molecule has 20 heteroatoms. The first kappa shape index (κ1) is 25.2. The van der Waals surface area contributed by atoms with Crippen LogP contribution in [0.2, 0.25) is 0 Å². The molecule has 7 atom stereocenters. The topological polar surface area (TPSA) is 270 Å². The Kier molecular flexibility index (Phi) is 7.44. The van der Waals surface area contributed by atoms with E-state index in [1.54, 1.807) is 0 Å². The van der Waals surface area contributed by atoms with Gasteiger partial charge >= 0.3 is 29.2 Å². The Labute approximate surface area is 167 Å². The normalized spacial score (nSPS) is 29.8. The minimum atomic E-state index is -5.74. The molecule has 0 bridgehead atoms. The van der Waals surface area contributed by atoms with Gasteiger partial charge in [0.05, 0.1) is 6.10 Å². The molecule has 17 nitrogen and oxygen atoms in total. The maximum atomic E-state index is 11.9. The quantitative estimate of drug-likeness (QED) is 0.195. The van der Waals surface area contributed by atoms with Crippen molar-refractivity contribution in [1.82, 2.24) is 9.55 Å². The fourth-order valence-electron chi connectivity index (χ4n) is 2.49. The van der Waals surface area contributed by atoms with Crippen molar-refractivity contribution in [2.45, 2.75) is 37.6 Å². The van der Waals surface area contributed by atoms with Crippen LogP contribution < -0.4 is 11.4 Å². The lowest BCUT2D eigenvalue weighted by Gasteiger charge is -2.24. The first-order chi connectivity index (χ1) is 13.5. The molecule has 0 radical (unpaired) electrons. The minimum absolute atomic E-state index is 0.123. The van der Waals surface area contributed by atoms with Crippen LogP contribution in [0.1, 0.15) is 13.2 Å². The summed E-state index contributed by atoms with van der Waals surface area (Å²) in [5.41, 5.74) is 4.41. The number of ether oxygens (including phenoxy) is 1. The maximum Gasteiger partial charge on any atom is 0.490 e. The molecule has 0 aromatic carbocycles. The molecule has 1 fully saturated rings. The number of nitrogens with two attached hydrogens (primary N) is 1. The molecule has 1 saturated heterocycles. The molecule has 3 unspecified atom stereocenters. The molecule has 0 saturated carbocycles. The zero-order valence-corrected chi connectivity index (χ0v) is 17.5. The van der Waals surface area contributed by atoms with E-state index in [0.717, 1.165) is 17.7 Å². The number of anilines is 1. The number of aromatic nitrogens is 2. The molecule has 0 spiro atoms. The summed E-state index contributed by atoms with van der Waals surface area (Å²) in [6, 6.07) is 1.20. The third-order valence-electron chi connectivity index (χ3n) is 3.58. The molecule has 1 aromatic rings. The molecule has 8 N–H and O–H groups in total. The monoisotopic (exact) mass is 497 g/mol. The van der Waals surface area contributed by atoms with Crippen molar-refractivity contribution < 1.29 is 61.4 Å². The second-order valence-corrected chi connectivity index (χ2v) is 10.3. The average molecular weight is 497 g/mol. The number of hydrogen-bond donors (Lipinski definition) is 7. The van der Waals surface area contributed by atoms with Gasteiger partial charge in [0.15, 0.2) is 6.23 Å². The molecule has 1 aliphatic heterocycles. The summed E-state index contributed by atoms with van der Waals surface area (Å²) in [7, 11) is -16.8. The van der Waals surface area contributed by atoms with Gasteiger partial charge < -0.3 is 40.3 Å². The maximum absolute atomic E-state index is 11.9. The highest BCUT2D eigenvalue weighted by Gasteiger charge is 2.49. The predicted octanol–water partition coefficient (Wildman–Crippen LogP) is -1.82. The Hall–Kier alpha value is -1.03. The summed E-state index contributed by atoms with van der Waals surface area (Å²) in [6.45, 7) is 1.03. The highest BCUT2D eigenvalue weighted by Crippen LogP contribution is 2.66. The number of rotatable bonds is 8. The van der Waals surface area contributed by atoms with Crippen molar-refractivity contribution in [2.24, 2.45) is 0 Å². The second kappa shape index (κ2) is 8.84. The zero-order valence-electron chi connectivity index (χ0n) is 14.8. The van der Waals surface area contributed by atoms with Crippen molar-refractivity contribution in [1.29, 1.82) is 0 Å². The third-order valence-corrected chi connectivity index (χ3v) is 7.51. The number of nitrogen functional groups attached to an aromatic ring is 1. The largest absolute Gasteiger partial charge is 0.490 e. The summed E-state index contributed by atoms with van der Waals surface area (Å²) in [6.07, 6.45) is -7.09. The van der Waals surface area contributed by atoms with Gasteiger partial charge in [0, 0.05) is 6.20 Å². The SMILES string of the molecule is C[C@H](OP(=O)(O)OP(=O)(O)OP(=O)(O)O)[C@H]1OC(n2ccc(N)nc2=O)[C@@H](O)[C@@H]1O. The van der Waals surface area contributed by atoms with E-state index in [0.29, 0.717) is 0 Å². The van der Waals surface area contributed by atoms with Crippen LogP contribution in [-0.4, -0.2) is 63.8 Å². The van der Waals surface area contributed by atoms with E-state index in [1.807, 2.05) is 0 Å². The zero-order chi connectivity index (χ0) is 23.1. The molecule has 2 rings (SSSR count). The van der Waals surface area contributed by atoms with Crippen LogP contribution in [0.15, 0.2) is 17.1 Å². The van der Waals surface area contributed by atoms with Gasteiger partial charge in [-0.1, -0.05) is 0 Å². The number of aliphatic hydroxyl groups excluding tert-OH is 2. The van der Waals surface area contributed by atoms with Gasteiger partial charge in [-0.05, 0) is 13.0 Å². The predicted molar refractivity (Wildman–Crippen MR) is 93.2 cm³/mol. The molecule has 1 aromatic heterocycles. The molecule has 0 amide bonds. The van der Waals surface area contributed by atoms with E-state index in [1.165, 1.54) is 6.07 Å². The van der Waals surface area contributed by atoms with E-state index in [9.17, 15) is 33.6 Å². The third kappa shape index (κ3) is 6.48. The van der Waals surface area contributed by atoms with E-state index in [4.69, 9.17) is 25.2 Å².